The molecule has 1 fully saturated rings. The summed E-state index contributed by atoms with van der Waals surface area (Å²) in [5.41, 5.74) is 6.58. The Labute approximate surface area is 103 Å². The summed E-state index contributed by atoms with van der Waals surface area (Å²) >= 11 is 0. The van der Waals surface area contributed by atoms with Gasteiger partial charge in [0.2, 0.25) is 0 Å². The summed E-state index contributed by atoms with van der Waals surface area (Å²) in [6.07, 6.45) is 3.16. The van der Waals surface area contributed by atoms with Gasteiger partial charge in [-0.2, -0.15) is 0 Å². The van der Waals surface area contributed by atoms with Crippen molar-refractivity contribution in [3.8, 4) is 0 Å². The molecule has 2 nitrogen and oxygen atoms in total. The van der Waals surface area contributed by atoms with Crippen LogP contribution in [0.5, 0.6) is 0 Å². The minimum Gasteiger partial charge on any atom is -0.329 e. The lowest BCUT2D eigenvalue weighted by Gasteiger charge is -2.30. The molecule has 1 aromatic rings. The number of benzene rings is 1. The maximum absolute atomic E-state index is 13.6. The van der Waals surface area contributed by atoms with Gasteiger partial charge >= 0.3 is 0 Å². The van der Waals surface area contributed by atoms with Gasteiger partial charge in [0, 0.05) is 18.6 Å². The monoisotopic (exact) mass is 236 g/mol. The Morgan fingerprint density at radius 3 is 2.94 bits per heavy atom. The van der Waals surface area contributed by atoms with Crippen LogP contribution in [0.4, 0.5) is 4.39 Å². The molecule has 1 aromatic carbocycles. The Morgan fingerprint density at radius 1 is 1.47 bits per heavy atom. The first-order valence-corrected chi connectivity index (χ1v) is 6.41. The summed E-state index contributed by atoms with van der Waals surface area (Å²) in [5, 5.41) is 0. The van der Waals surface area contributed by atoms with E-state index in [1.54, 1.807) is 6.07 Å². The highest BCUT2D eigenvalue weighted by Gasteiger charge is 2.27. The SMILES string of the molecule is CC(Cc1ccccc1F)N1CCCC1CN. The summed E-state index contributed by atoms with van der Waals surface area (Å²) in [4.78, 5) is 2.42. The van der Waals surface area contributed by atoms with Gasteiger partial charge in [-0.1, -0.05) is 18.2 Å². The van der Waals surface area contributed by atoms with Crippen LogP contribution in [0.3, 0.4) is 0 Å². The predicted octanol–water partition coefficient (Wildman–Crippen LogP) is 2.18. The molecule has 0 aliphatic carbocycles. The van der Waals surface area contributed by atoms with E-state index >= 15 is 0 Å². The molecule has 1 heterocycles. The molecular weight excluding hydrogens is 215 g/mol. The topological polar surface area (TPSA) is 29.3 Å². The van der Waals surface area contributed by atoms with Crippen molar-refractivity contribution in [3.63, 3.8) is 0 Å². The lowest BCUT2D eigenvalue weighted by atomic mass is 10.0. The zero-order chi connectivity index (χ0) is 12.3. The summed E-state index contributed by atoms with van der Waals surface area (Å²) < 4.78 is 13.6. The van der Waals surface area contributed by atoms with E-state index in [9.17, 15) is 4.39 Å². The number of nitrogens with zero attached hydrogens (tertiary/aromatic N) is 1. The molecular formula is C14H21FN2. The summed E-state index contributed by atoms with van der Waals surface area (Å²) in [7, 11) is 0. The van der Waals surface area contributed by atoms with Gasteiger partial charge in [-0.25, -0.2) is 4.39 Å². The highest BCUT2D eigenvalue weighted by atomic mass is 19.1. The zero-order valence-corrected chi connectivity index (χ0v) is 10.4. The first-order valence-electron chi connectivity index (χ1n) is 6.41. The number of halogens is 1. The Kier molecular flexibility index (Phi) is 4.13. The van der Waals surface area contributed by atoms with Gasteiger partial charge in [-0.3, -0.25) is 4.90 Å². The van der Waals surface area contributed by atoms with Gasteiger partial charge in [-0.05, 0) is 44.4 Å². The second kappa shape index (κ2) is 5.61. The van der Waals surface area contributed by atoms with Gasteiger partial charge in [0.05, 0.1) is 0 Å². The molecule has 0 saturated carbocycles. The lowest BCUT2D eigenvalue weighted by molar-refractivity contribution is 0.193. The Bertz CT molecular complexity index is 367. The second-order valence-corrected chi connectivity index (χ2v) is 4.91. The number of nitrogens with two attached hydrogens (primary N) is 1. The van der Waals surface area contributed by atoms with Crippen LogP contribution in [0.25, 0.3) is 0 Å². The average Bonchev–Trinajstić information content (AvgIpc) is 2.80. The van der Waals surface area contributed by atoms with Crippen molar-refractivity contribution < 1.29 is 4.39 Å². The minimum absolute atomic E-state index is 0.0946. The molecule has 2 unspecified atom stereocenters. The predicted molar refractivity (Wildman–Crippen MR) is 68.3 cm³/mol. The molecule has 0 aromatic heterocycles. The van der Waals surface area contributed by atoms with Crippen LogP contribution < -0.4 is 5.73 Å². The van der Waals surface area contributed by atoms with Gasteiger partial charge in [-0.15, -0.1) is 0 Å². The van der Waals surface area contributed by atoms with E-state index in [1.807, 2.05) is 12.1 Å². The maximum Gasteiger partial charge on any atom is 0.126 e. The van der Waals surface area contributed by atoms with Crippen LogP contribution >= 0.6 is 0 Å². The van der Waals surface area contributed by atoms with Crippen molar-refractivity contribution in [1.82, 2.24) is 4.90 Å². The smallest absolute Gasteiger partial charge is 0.126 e. The Hall–Kier alpha value is -0.930. The van der Waals surface area contributed by atoms with Crippen molar-refractivity contribution >= 4 is 0 Å². The molecule has 0 bridgehead atoms. The van der Waals surface area contributed by atoms with Crippen LogP contribution in [0.2, 0.25) is 0 Å². The molecule has 1 aliphatic heterocycles. The standard InChI is InChI=1S/C14H21FN2/c1-11(17-8-4-6-13(17)10-16)9-12-5-2-3-7-14(12)15/h2-3,5,7,11,13H,4,6,8-10,16H2,1H3. The molecule has 3 heteroatoms. The highest BCUT2D eigenvalue weighted by Crippen LogP contribution is 2.21. The quantitative estimate of drug-likeness (QED) is 0.868. The molecule has 0 spiro atoms. The van der Waals surface area contributed by atoms with E-state index in [4.69, 9.17) is 5.73 Å². The largest absolute Gasteiger partial charge is 0.329 e. The third-order valence-electron chi connectivity index (χ3n) is 3.73. The van der Waals surface area contributed by atoms with Crippen molar-refractivity contribution in [1.29, 1.82) is 0 Å². The Balaban J connectivity index is 2.01. The third kappa shape index (κ3) is 2.85. The van der Waals surface area contributed by atoms with E-state index in [0.717, 1.165) is 18.5 Å². The lowest BCUT2D eigenvalue weighted by Crippen LogP contribution is -2.42. The van der Waals surface area contributed by atoms with Crippen molar-refractivity contribution in [2.24, 2.45) is 5.73 Å². The second-order valence-electron chi connectivity index (χ2n) is 4.91. The first kappa shape index (κ1) is 12.5. The van der Waals surface area contributed by atoms with Gasteiger partial charge < -0.3 is 5.73 Å². The number of rotatable bonds is 4. The van der Waals surface area contributed by atoms with Crippen LogP contribution in [0.1, 0.15) is 25.3 Å². The van der Waals surface area contributed by atoms with Crippen molar-refractivity contribution in [2.75, 3.05) is 13.1 Å². The van der Waals surface area contributed by atoms with Gasteiger partial charge in [0.15, 0.2) is 0 Å². The average molecular weight is 236 g/mol. The molecule has 94 valence electrons. The van der Waals surface area contributed by atoms with E-state index in [1.165, 1.54) is 18.9 Å². The number of hydrogen-bond acceptors (Lipinski definition) is 2. The first-order chi connectivity index (χ1) is 8.22. The molecule has 0 amide bonds. The molecule has 2 N–H and O–H groups in total. The fourth-order valence-electron chi connectivity index (χ4n) is 2.79. The van der Waals surface area contributed by atoms with Crippen LogP contribution in [-0.4, -0.2) is 30.1 Å². The molecule has 2 rings (SSSR count). The van der Waals surface area contributed by atoms with E-state index in [-0.39, 0.29) is 5.82 Å². The fourth-order valence-corrected chi connectivity index (χ4v) is 2.79. The summed E-state index contributed by atoms with van der Waals surface area (Å²) in [6.45, 7) is 3.97. The van der Waals surface area contributed by atoms with E-state index in [0.29, 0.717) is 18.6 Å². The van der Waals surface area contributed by atoms with Gasteiger partial charge in [0.25, 0.3) is 0 Å². The minimum atomic E-state index is -0.0946. The zero-order valence-electron chi connectivity index (χ0n) is 10.4. The van der Waals surface area contributed by atoms with Crippen molar-refractivity contribution in [3.05, 3.63) is 35.6 Å². The Morgan fingerprint density at radius 2 is 2.24 bits per heavy atom. The van der Waals surface area contributed by atoms with Crippen LogP contribution in [0.15, 0.2) is 24.3 Å². The number of likely N-dealkylation sites (tertiary alicyclic amines) is 1. The fraction of sp³-hybridized carbons (Fsp3) is 0.571. The normalized spacial score (nSPS) is 22.9. The molecule has 1 saturated heterocycles. The third-order valence-corrected chi connectivity index (χ3v) is 3.73. The molecule has 1 aliphatic rings. The maximum atomic E-state index is 13.6. The van der Waals surface area contributed by atoms with E-state index in [2.05, 4.69) is 11.8 Å². The van der Waals surface area contributed by atoms with Gasteiger partial charge in [0.1, 0.15) is 5.82 Å². The summed E-state index contributed by atoms with van der Waals surface area (Å²) in [5.74, 6) is -0.0946. The molecule has 17 heavy (non-hydrogen) atoms. The van der Waals surface area contributed by atoms with Crippen molar-refractivity contribution in [2.45, 2.75) is 38.3 Å². The molecule has 0 radical (unpaired) electrons. The van der Waals surface area contributed by atoms with Crippen LogP contribution in [0, 0.1) is 5.82 Å². The summed E-state index contributed by atoms with van der Waals surface area (Å²) in [6, 6.07) is 7.89. The van der Waals surface area contributed by atoms with Crippen LogP contribution in [-0.2, 0) is 6.42 Å². The highest BCUT2D eigenvalue weighted by molar-refractivity contribution is 5.18. The molecule has 2 atom stereocenters. The number of hydrogen-bond donors (Lipinski definition) is 1. The van der Waals surface area contributed by atoms with E-state index < -0.39 is 0 Å².